The van der Waals surface area contributed by atoms with Crippen LogP contribution in [0.3, 0.4) is 0 Å². The van der Waals surface area contributed by atoms with E-state index in [-0.39, 0.29) is 11.2 Å². The number of rotatable bonds is 4. The molecule has 0 heterocycles. The molecule has 23 heavy (non-hydrogen) atoms. The van der Waals surface area contributed by atoms with E-state index in [1.54, 1.807) is 6.07 Å². The van der Waals surface area contributed by atoms with E-state index in [4.69, 9.17) is 0 Å². The zero-order valence-electron chi connectivity index (χ0n) is 14.4. The molecule has 0 bridgehead atoms. The van der Waals surface area contributed by atoms with Crippen molar-refractivity contribution in [2.45, 2.75) is 27.3 Å². The van der Waals surface area contributed by atoms with E-state index in [0.29, 0.717) is 5.39 Å². The van der Waals surface area contributed by atoms with Crippen LogP contribution in [0.15, 0.2) is 48.6 Å². The van der Waals surface area contributed by atoms with E-state index in [2.05, 4.69) is 50.6 Å². The normalized spacial score (nSPS) is 11.9. The average molecular weight is 309 g/mol. The molecule has 0 spiro atoms. The van der Waals surface area contributed by atoms with E-state index in [9.17, 15) is 4.39 Å². The summed E-state index contributed by atoms with van der Waals surface area (Å²) in [6.07, 6.45) is 3.97. The maximum atomic E-state index is 13.8. The van der Waals surface area contributed by atoms with E-state index >= 15 is 0 Å². The molecule has 2 aromatic carbocycles. The van der Waals surface area contributed by atoms with Crippen LogP contribution in [-0.4, -0.2) is 18.5 Å². The van der Waals surface area contributed by atoms with Gasteiger partial charge in [0.15, 0.2) is 0 Å². The largest absolute Gasteiger partial charge is 0.298 e. The number of hydrogen-bond acceptors (Lipinski definition) is 1. The predicted molar refractivity (Wildman–Crippen MR) is 96.6 cm³/mol. The number of likely N-dealkylation sites (N-methyl/N-ethyl adjacent to an activating group) is 1. The maximum Gasteiger partial charge on any atom is 0.131 e. The quantitative estimate of drug-likeness (QED) is 0.717. The molecule has 2 heteroatoms. The van der Waals surface area contributed by atoms with Gasteiger partial charge in [0.25, 0.3) is 0 Å². The third-order valence-electron chi connectivity index (χ3n) is 3.47. The Hall–Kier alpha value is -2.11. The van der Waals surface area contributed by atoms with E-state index < -0.39 is 0 Å². The number of benzene rings is 2. The van der Waals surface area contributed by atoms with Crippen molar-refractivity contribution in [2.24, 2.45) is 5.41 Å². The standard InChI is InChI=1S/C21H24FN/c1-21(2,3)14-8-5-9-15-23(4)16-17-12-13-20(22)19-11-7-6-10-18(17)19/h5-7,9-13H,15-16H2,1-4H3/b9-5+. The fourth-order valence-corrected chi connectivity index (χ4v) is 2.37. The van der Waals surface area contributed by atoms with E-state index in [0.717, 1.165) is 24.0 Å². The maximum absolute atomic E-state index is 13.8. The monoisotopic (exact) mass is 309 g/mol. The number of hydrogen-bond donors (Lipinski definition) is 0. The Kier molecular flexibility index (Phi) is 5.58. The minimum atomic E-state index is -0.163. The third-order valence-corrected chi connectivity index (χ3v) is 3.47. The number of nitrogens with zero attached hydrogens (tertiary/aromatic N) is 1. The third kappa shape index (κ3) is 5.23. The molecule has 120 valence electrons. The van der Waals surface area contributed by atoms with Crippen LogP contribution < -0.4 is 0 Å². The Morgan fingerprint density at radius 1 is 1.09 bits per heavy atom. The lowest BCUT2D eigenvalue weighted by Crippen LogP contribution is -2.17. The van der Waals surface area contributed by atoms with Crippen LogP contribution in [0, 0.1) is 23.1 Å². The number of allylic oxidation sites excluding steroid dienone is 1. The van der Waals surface area contributed by atoms with E-state index in [1.165, 1.54) is 0 Å². The van der Waals surface area contributed by atoms with Crippen molar-refractivity contribution in [3.8, 4) is 11.8 Å². The minimum Gasteiger partial charge on any atom is -0.298 e. The summed E-state index contributed by atoms with van der Waals surface area (Å²) >= 11 is 0. The molecule has 1 nitrogen and oxygen atoms in total. The van der Waals surface area contributed by atoms with Gasteiger partial charge in [-0.15, -0.1) is 0 Å². The fraction of sp³-hybridized carbons (Fsp3) is 0.333. The Bertz CT molecular complexity index is 757. The second-order valence-electron chi connectivity index (χ2n) is 6.87. The molecular formula is C21H24FN. The van der Waals surface area contributed by atoms with Crippen LogP contribution >= 0.6 is 0 Å². The Balaban J connectivity index is 2.04. The van der Waals surface area contributed by atoms with Gasteiger partial charge in [0, 0.05) is 23.9 Å². The SMILES string of the molecule is CN(C/C=C/C#CC(C)(C)C)Cc1ccc(F)c2ccccc12. The summed E-state index contributed by atoms with van der Waals surface area (Å²) in [6.45, 7) is 7.88. The highest BCUT2D eigenvalue weighted by Crippen LogP contribution is 2.22. The lowest BCUT2D eigenvalue weighted by molar-refractivity contribution is 0.365. The zero-order valence-corrected chi connectivity index (χ0v) is 14.4. The highest BCUT2D eigenvalue weighted by atomic mass is 19.1. The lowest BCUT2D eigenvalue weighted by Gasteiger charge is -2.16. The highest BCUT2D eigenvalue weighted by molar-refractivity contribution is 5.86. The molecule has 0 radical (unpaired) electrons. The van der Waals surface area contributed by atoms with Crippen LogP contribution in [0.4, 0.5) is 4.39 Å². The van der Waals surface area contributed by atoms with Crippen molar-refractivity contribution in [2.75, 3.05) is 13.6 Å². The highest BCUT2D eigenvalue weighted by Gasteiger charge is 2.07. The van der Waals surface area contributed by atoms with Crippen LogP contribution in [-0.2, 0) is 6.54 Å². The summed E-state index contributed by atoms with van der Waals surface area (Å²) in [5.74, 6) is 6.09. The minimum absolute atomic E-state index is 0.0310. The van der Waals surface area contributed by atoms with Crippen molar-refractivity contribution in [3.05, 3.63) is 59.9 Å². The Morgan fingerprint density at radius 2 is 1.78 bits per heavy atom. The fourth-order valence-electron chi connectivity index (χ4n) is 2.37. The van der Waals surface area contributed by atoms with Crippen molar-refractivity contribution < 1.29 is 4.39 Å². The molecule has 0 aliphatic carbocycles. The molecule has 0 aromatic heterocycles. The molecule has 2 aromatic rings. The van der Waals surface area contributed by atoms with Gasteiger partial charge in [-0.05, 0) is 50.9 Å². The molecule has 0 aliphatic rings. The average Bonchev–Trinajstić information content (AvgIpc) is 2.49. The van der Waals surface area contributed by atoms with Crippen LogP contribution in [0.1, 0.15) is 26.3 Å². The van der Waals surface area contributed by atoms with Crippen molar-refractivity contribution in [1.29, 1.82) is 0 Å². The second-order valence-corrected chi connectivity index (χ2v) is 6.87. The number of halogens is 1. The first-order chi connectivity index (χ1) is 10.9. The Morgan fingerprint density at radius 3 is 2.48 bits per heavy atom. The van der Waals surface area contributed by atoms with Gasteiger partial charge in [-0.25, -0.2) is 4.39 Å². The summed E-state index contributed by atoms with van der Waals surface area (Å²) in [5, 5.41) is 1.67. The van der Waals surface area contributed by atoms with Gasteiger partial charge >= 0.3 is 0 Å². The number of fused-ring (bicyclic) bond motifs is 1. The zero-order chi connectivity index (χ0) is 16.9. The molecule has 0 saturated carbocycles. The van der Waals surface area contributed by atoms with Gasteiger partial charge in [-0.3, -0.25) is 4.90 Å². The van der Waals surface area contributed by atoms with Crippen LogP contribution in [0.2, 0.25) is 0 Å². The van der Waals surface area contributed by atoms with Crippen molar-refractivity contribution >= 4 is 10.8 Å². The summed E-state index contributed by atoms with van der Waals surface area (Å²) in [5.41, 5.74) is 1.17. The molecular weight excluding hydrogens is 285 g/mol. The lowest BCUT2D eigenvalue weighted by atomic mass is 9.98. The molecule has 0 saturated heterocycles. The molecule has 0 aliphatic heterocycles. The summed E-state index contributed by atoms with van der Waals surface area (Å²) in [6, 6.07) is 11.1. The van der Waals surface area contributed by atoms with Crippen molar-refractivity contribution in [1.82, 2.24) is 4.90 Å². The second kappa shape index (κ2) is 7.44. The molecule has 0 N–H and O–H groups in total. The molecule has 0 atom stereocenters. The molecule has 0 fully saturated rings. The molecule has 0 amide bonds. The first kappa shape index (κ1) is 17.2. The van der Waals surface area contributed by atoms with Gasteiger partial charge in [0.05, 0.1) is 0 Å². The smallest absolute Gasteiger partial charge is 0.131 e. The summed E-state index contributed by atoms with van der Waals surface area (Å²) in [4.78, 5) is 2.19. The molecule has 0 unspecified atom stereocenters. The van der Waals surface area contributed by atoms with Gasteiger partial charge in [-0.2, -0.15) is 0 Å². The first-order valence-corrected chi connectivity index (χ1v) is 7.89. The topological polar surface area (TPSA) is 3.24 Å². The Labute approximate surface area is 138 Å². The predicted octanol–water partition coefficient (Wildman–Crippen LogP) is 5.02. The van der Waals surface area contributed by atoms with Crippen LogP contribution in [0.5, 0.6) is 0 Å². The summed E-state index contributed by atoms with van der Waals surface area (Å²) in [7, 11) is 2.06. The van der Waals surface area contributed by atoms with E-state index in [1.807, 2.05) is 36.4 Å². The van der Waals surface area contributed by atoms with Gasteiger partial charge in [0.1, 0.15) is 5.82 Å². The van der Waals surface area contributed by atoms with Crippen molar-refractivity contribution in [3.63, 3.8) is 0 Å². The van der Waals surface area contributed by atoms with Crippen LogP contribution in [0.25, 0.3) is 10.8 Å². The van der Waals surface area contributed by atoms with Gasteiger partial charge in [0.2, 0.25) is 0 Å². The first-order valence-electron chi connectivity index (χ1n) is 7.89. The van der Waals surface area contributed by atoms with Gasteiger partial charge in [-0.1, -0.05) is 48.2 Å². The summed E-state index contributed by atoms with van der Waals surface area (Å²) < 4.78 is 13.8. The molecule has 2 rings (SSSR count). The van der Waals surface area contributed by atoms with Gasteiger partial charge < -0.3 is 0 Å².